The summed E-state index contributed by atoms with van der Waals surface area (Å²) in [5.41, 5.74) is 0. The number of likely N-dealkylation sites (tertiary alicyclic amines) is 1. The molecule has 0 aromatic carbocycles. The Hall–Kier alpha value is -1.47. The van der Waals surface area contributed by atoms with Crippen LogP contribution in [0, 0.1) is 12.8 Å². The Kier molecular flexibility index (Phi) is 4.07. The first kappa shape index (κ1) is 15.1. The van der Waals surface area contributed by atoms with E-state index in [-0.39, 0.29) is 29.9 Å². The third-order valence-corrected chi connectivity index (χ3v) is 5.26. The Morgan fingerprint density at radius 1 is 1.22 bits per heavy atom. The minimum atomic E-state index is 0.0688. The molecule has 4 rings (SSSR count). The van der Waals surface area contributed by atoms with Crippen molar-refractivity contribution in [2.75, 3.05) is 26.4 Å². The second-order valence-corrected chi connectivity index (χ2v) is 6.75. The van der Waals surface area contributed by atoms with Gasteiger partial charge in [-0.1, -0.05) is 5.16 Å². The number of ether oxygens (including phenoxy) is 2. The quantitative estimate of drug-likeness (QED) is 0.816. The standard InChI is InChI=1S/C16H23N3O4/c1-10-17-15(23-18-10)12-8-14-13(4-7-22-14)19(9-12)16(20)11-2-5-21-6-3-11/h11-14H,2-9H2,1H3/t12-,13+,14+/m0/s1. The number of piperidine rings is 1. The Morgan fingerprint density at radius 2 is 2.04 bits per heavy atom. The maximum atomic E-state index is 13.0. The highest BCUT2D eigenvalue weighted by atomic mass is 16.5. The average Bonchev–Trinajstić information content (AvgIpc) is 3.22. The van der Waals surface area contributed by atoms with Crippen LogP contribution in [0.3, 0.4) is 0 Å². The molecule has 4 heterocycles. The number of hydrogen-bond acceptors (Lipinski definition) is 6. The van der Waals surface area contributed by atoms with Crippen LogP contribution < -0.4 is 0 Å². The summed E-state index contributed by atoms with van der Waals surface area (Å²) in [4.78, 5) is 19.4. The predicted molar refractivity (Wildman–Crippen MR) is 79.8 cm³/mol. The SMILES string of the molecule is Cc1noc([C@H]2C[C@H]3OCC[C@H]3N(C(=O)C3CCOCC3)C2)n1. The Bertz CT molecular complexity index is 569. The third-order valence-electron chi connectivity index (χ3n) is 5.26. The lowest BCUT2D eigenvalue weighted by atomic mass is 9.87. The van der Waals surface area contributed by atoms with Crippen LogP contribution in [0.5, 0.6) is 0 Å². The predicted octanol–water partition coefficient (Wildman–Crippen LogP) is 1.28. The number of fused-ring (bicyclic) bond motifs is 1. The van der Waals surface area contributed by atoms with Crippen LogP contribution in [-0.4, -0.2) is 59.5 Å². The van der Waals surface area contributed by atoms with Crippen LogP contribution in [0.2, 0.25) is 0 Å². The fraction of sp³-hybridized carbons (Fsp3) is 0.812. The molecule has 1 aromatic heterocycles. The molecule has 3 aliphatic heterocycles. The molecule has 0 aliphatic carbocycles. The van der Waals surface area contributed by atoms with Gasteiger partial charge in [0, 0.05) is 32.3 Å². The number of carbonyl (C=O) groups excluding carboxylic acids is 1. The number of nitrogens with zero attached hydrogens (tertiary/aromatic N) is 3. The molecule has 3 saturated heterocycles. The second kappa shape index (κ2) is 6.20. The van der Waals surface area contributed by atoms with E-state index in [0.29, 0.717) is 31.5 Å². The summed E-state index contributed by atoms with van der Waals surface area (Å²) in [6.07, 6.45) is 3.50. The molecule has 7 heteroatoms. The van der Waals surface area contributed by atoms with Crippen molar-refractivity contribution < 1.29 is 18.8 Å². The van der Waals surface area contributed by atoms with E-state index in [2.05, 4.69) is 10.1 Å². The van der Waals surface area contributed by atoms with Crippen molar-refractivity contribution in [2.24, 2.45) is 5.92 Å². The molecular weight excluding hydrogens is 298 g/mol. The summed E-state index contributed by atoms with van der Waals surface area (Å²) in [5.74, 6) is 1.65. The van der Waals surface area contributed by atoms with Gasteiger partial charge in [0.15, 0.2) is 5.82 Å². The third kappa shape index (κ3) is 2.87. The summed E-state index contributed by atoms with van der Waals surface area (Å²) in [6.45, 7) is 4.56. The summed E-state index contributed by atoms with van der Waals surface area (Å²) in [6, 6.07) is 0.200. The van der Waals surface area contributed by atoms with E-state index >= 15 is 0 Å². The Balaban J connectivity index is 1.54. The molecule has 0 saturated carbocycles. The van der Waals surface area contributed by atoms with Gasteiger partial charge in [0.25, 0.3) is 0 Å². The minimum Gasteiger partial charge on any atom is -0.381 e. The van der Waals surface area contributed by atoms with Gasteiger partial charge >= 0.3 is 0 Å². The van der Waals surface area contributed by atoms with Gasteiger partial charge in [-0.25, -0.2) is 0 Å². The highest BCUT2D eigenvalue weighted by Gasteiger charge is 2.45. The number of rotatable bonds is 2. The normalized spacial score (nSPS) is 32.0. The Morgan fingerprint density at radius 3 is 2.78 bits per heavy atom. The van der Waals surface area contributed by atoms with Gasteiger partial charge in [-0.3, -0.25) is 4.79 Å². The molecule has 3 fully saturated rings. The zero-order valence-corrected chi connectivity index (χ0v) is 13.4. The molecule has 3 atom stereocenters. The first-order chi connectivity index (χ1) is 11.2. The van der Waals surface area contributed by atoms with E-state index in [1.165, 1.54) is 0 Å². The number of hydrogen-bond donors (Lipinski definition) is 0. The molecule has 23 heavy (non-hydrogen) atoms. The molecular formula is C16H23N3O4. The second-order valence-electron chi connectivity index (χ2n) is 6.75. The van der Waals surface area contributed by atoms with Crippen molar-refractivity contribution in [3.63, 3.8) is 0 Å². The maximum Gasteiger partial charge on any atom is 0.231 e. The molecule has 0 radical (unpaired) electrons. The maximum absolute atomic E-state index is 13.0. The minimum absolute atomic E-state index is 0.0688. The van der Waals surface area contributed by atoms with Crippen molar-refractivity contribution in [3.8, 4) is 0 Å². The lowest BCUT2D eigenvalue weighted by Gasteiger charge is -2.41. The smallest absolute Gasteiger partial charge is 0.231 e. The van der Waals surface area contributed by atoms with E-state index < -0.39 is 0 Å². The highest BCUT2D eigenvalue weighted by Crippen LogP contribution is 2.37. The van der Waals surface area contributed by atoms with Crippen LogP contribution in [0.4, 0.5) is 0 Å². The summed E-state index contributed by atoms with van der Waals surface area (Å²) in [7, 11) is 0. The number of aryl methyl sites for hydroxylation is 1. The van der Waals surface area contributed by atoms with Crippen molar-refractivity contribution in [1.82, 2.24) is 15.0 Å². The number of aromatic nitrogens is 2. The van der Waals surface area contributed by atoms with Crippen LogP contribution in [0.25, 0.3) is 0 Å². The number of carbonyl (C=O) groups is 1. The molecule has 3 aliphatic rings. The Labute approximate surface area is 135 Å². The lowest BCUT2D eigenvalue weighted by molar-refractivity contribution is -0.145. The largest absolute Gasteiger partial charge is 0.381 e. The first-order valence-corrected chi connectivity index (χ1v) is 8.52. The molecule has 126 valence electrons. The van der Waals surface area contributed by atoms with Crippen molar-refractivity contribution >= 4 is 5.91 Å². The molecule has 0 bridgehead atoms. The van der Waals surface area contributed by atoms with Gasteiger partial charge in [-0.2, -0.15) is 4.98 Å². The van der Waals surface area contributed by atoms with E-state index in [1.807, 2.05) is 11.8 Å². The fourth-order valence-corrected chi connectivity index (χ4v) is 4.04. The van der Waals surface area contributed by atoms with E-state index in [4.69, 9.17) is 14.0 Å². The van der Waals surface area contributed by atoms with Gasteiger partial charge in [-0.05, 0) is 32.6 Å². The zero-order chi connectivity index (χ0) is 15.8. The highest BCUT2D eigenvalue weighted by molar-refractivity contribution is 5.79. The summed E-state index contributed by atoms with van der Waals surface area (Å²) in [5, 5.41) is 3.89. The number of amides is 1. The molecule has 0 unspecified atom stereocenters. The van der Waals surface area contributed by atoms with E-state index in [0.717, 1.165) is 32.3 Å². The topological polar surface area (TPSA) is 77.7 Å². The van der Waals surface area contributed by atoms with Gasteiger partial charge in [-0.15, -0.1) is 0 Å². The van der Waals surface area contributed by atoms with Crippen LogP contribution in [-0.2, 0) is 14.3 Å². The van der Waals surface area contributed by atoms with E-state index in [9.17, 15) is 4.79 Å². The van der Waals surface area contributed by atoms with Gasteiger partial charge in [0.1, 0.15) is 0 Å². The molecule has 1 aromatic rings. The van der Waals surface area contributed by atoms with E-state index in [1.54, 1.807) is 0 Å². The molecule has 7 nitrogen and oxygen atoms in total. The first-order valence-electron chi connectivity index (χ1n) is 8.52. The van der Waals surface area contributed by atoms with Crippen LogP contribution in [0.15, 0.2) is 4.52 Å². The van der Waals surface area contributed by atoms with Gasteiger partial charge < -0.3 is 18.9 Å². The van der Waals surface area contributed by atoms with Crippen LogP contribution >= 0.6 is 0 Å². The monoisotopic (exact) mass is 321 g/mol. The average molecular weight is 321 g/mol. The van der Waals surface area contributed by atoms with Crippen molar-refractivity contribution in [3.05, 3.63) is 11.7 Å². The van der Waals surface area contributed by atoms with Gasteiger partial charge in [0.05, 0.1) is 18.1 Å². The van der Waals surface area contributed by atoms with Crippen LogP contribution in [0.1, 0.15) is 43.3 Å². The molecule has 0 spiro atoms. The summed E-state index contributed by atoms with van der Waals surface area (Å²) >= 11 is 0. The van der Waals surface area contributed by atoms with Gasteiger partial charge in [0.2, 0.25) is 11.8 Å². The van der Waals surface area contributed by atoms with Crippen molar-refractivity contribution in [2.45, 2.75) is 50.7 Å². The fourth-order valence-electron chi connectivity index (χ4n) is 4.04. The molecule has 1 amide bonds. The molecule has 0 N–H and O–H groups in total. The van der Waals surface area contributed by atoms with Crippen molar-refractivity contribution in [1.29, 1.82) is 0 Å². The zero-order valence-electron chi connectivity index (χ0n) is 13.4. The lowest BCUT2D eigenvalue weighted by Crippen LogP contribution is -2.53. The summed E-state index contributed by atoms with van der Waals surface area (Å²) < 4.78 is 16.6.